The molecule has 3 rings (SSSR count). The lowest BCUT2D eigenvalue weighted by molar-refractivity contribution is 1.16. The lowest BCUT2D eigenvalue weighted by Crippen LogP contribution is -2.09. The number of benzene rings is 1. The molecule has 0 aliphatic rings. The average Bonchev–Trinajstić information content (AvgIpc) is 2.94. The quantitative estimate of drug-likeness (QED) is 0.570. The van der Waals surface area contributed by atoms with Crippen LogP contribution in [0, 0.1) is 6.92 Å². The van der Waals surface area contributed by atoms with E-state index in [1.54, 1.807) is 11.3 Å². The summed E-state index contributed by atoms with van der Waals surface area (Å²) in [6.07, 6.45) is 0. The van der Waals surface area contributed by atoms with Gasteiger partial charge in [0.05, 0.1) is 10.6 Å². The van der Waals surface area contributed by atoms with E-state index in [-0.39, 0.29) is 0 Å². The van der Waals surface area contributed by atoms with Crippen LogP contribution < -0.4 is 11.3 Å². The Kier molecular flexibility index (Phi) is 3.45. The molecule has 4 nitrogen and oxygen atoms in total. The highest BCUT2D eigenvalue weighted by Gasteiger charge is 2.09. The van der Waals surface area contributed by atoms with Gasteiger partial charge in [0.2, 0.25) is 0 Å². The molecule has 0 spiro atoms. The Hall–Kier alpha value is -2.24. The maximum atomic E-state index is 5.51. The van der Waals surface area contributed by atoms with Gasteiger partial charge in [0.25, 0.3) is 0 Å². The Morgan fingerprint density at radius 3 is 2.50 bits per heavy atom. The molecule has 20 heavy (non-hydrogen) atoms. The first-order valence-corrected chi connectivity index (χ1v) is 7.06. The Labute approximate surface area is 121 Å². The number of thiophene rings is 1. The van der Waals surface area contributed by atoms with Crippen LogP contribution in [0.3, 0.4) is 0 Å². The minimum atomic E-state index is 0.611. The van der Waals surface area contributed by atoms with Gasteiger partial charge in [-0.1, -0.05) is 30.3 Å². The maximum absolute atomic E-state index is 5.51. The van der Waals surface area contributed by atoms with E-state index in [4.69, 9.17) is 5.84 Å². The molecule has 0 amide bonds. The monoisotopic (exact) mass is 282 g/mol. The average molecular weight is 282 g/mol. The van der Waals surface area contributed by atoms with Crippen molar-refractivity contribution in [3.63, 3.8) is 0 Å². The summed E-state index contributed by atoms with van der Waals surface area (Å²) in [5.41, 5.74) is 4.51. The second-order valence-corrected chi connectivity index (χ2v) is 5.67. The molecular weight excluding hydrogens is 268 g/mol. The van der Waals surface area contributed by atoms with Crippen molar-refractivity contribution in [1.29, 1.82) is 0 Å². The first-order valence-electron chi connectivity index (χ1n) is 6.24. The summed E-state index contributed by atoms with van der Waals surface area (Å²) in [5, 5.41) is 0. The van der Waals surface area contributed by atoms with Crippen LogP contribution in [0.5, 0.6) is 0 Å². The minimum absolute atomic E-state index is 0.611. The van der Waals surface area contributed by atoms with Crippen LogP contribution in [0.1, 0.15) is 4.88 Å². The third-order valence-corrected chi connectivity index (χ3v) is 3.90. The summed E-state index contributed by atoms with van der Waals surface area (Å²) in [6, 6.07) is 15.9. The van der Waals surface area contributed by atoms with Crippen LogP contribution >= 0.6 is 11.3 Å². The van der Waals surface area contributed by atoms with E-state index in [0.29, 0.717) is 11.6 Å². The van der Waals surface area contributed by atoms with Gasteiger partial charge in [0, 0.05) is 16.5 Å². The number of hydrazine groups is 1. The van der Waals surface area contributed by atoms with Crippen LogP contribution in [0.15, 0.2) is 48.5 Å². The number of nitrogens with one attached hydrogen (secondary N) is 1. The summed E-state index contributed by atoms with van der Waals surface area (Å²) in [5.74, 6) is 6.82. The summed E-state index contributed by atoms with van der Waals surface area (Å²) in [7, 11) is 0. The van der Waals surface area contributed by atoms with Gasteiger partial charge in [-0.25, -0.2) is 15.8 Å². The van der Waals surface area contributed by atoms with E-state index < -0.39 is 0 Å². The Morgan fingerprint density at radius 1 is 1.05 bits per heavy atom. The van der Waals surface area contributed by atoms with Crippen molar-refractivity contribution in [2.45, 2.75) is 6.92 Å². The predicted octanol–water partition coefficient (Wildman–Crippen LogP) is 3.47. The predicted molar refractivity (Wildman–Crippen MR) is 83.3 cm³/mol. The van der Waals surface area contributed by atoms with Gasteiger partial charge in [-0.3, -0.25) is 0 Å². The highest BCUT2D eigenvalue weighted by atomic mass is 32.1. The molecule has 0 atom stereocenters. The molecule has 0 saturated heterocycles. The van der Waals surface area contributed by atoms with Crippen LogP contribution in [-0.2, 0) is 0 Å². The molecule has 0 unspecified atom stereocenters. The number of aryl methyl sites for hydroxylation is 1. The van der Waals surface area contributed by atoms with Crippen LogP contribution in [-0.4, -0.2) is 9.97 Å². The number of nitrogens with zero attached hydrogens (tertiary/aromatic N) is 2. The van der Waals surface area contributed by atoms with Crippen molar-refractivity contribution in [2.24, 2.45) is 5.84 Å². The van der Waals surface area contributed by atoms with E-state index in [2.05, 4.69) is 28.4 Å². The molecule has 0 radical (unpaired) electrons. The largest absolute Gasteiger partial charge is 0.308 e. The number of anilines is 1. The van der Waals surface area contributed by atoms with Crippen molar-refractivity contribution in [1.82, 2.24) is 9.97 Å². The van der Waals surface area contributed by atoms with E-state index in [9.17, 15) is 0 Å². The standard InChI is InChI=1S/C15H14N4S/c1-10-7-8-13(20-10)15-17-12(9-14(18-15)19-16)11-5-3-2-4-6-11/h2-9H,16H2,1H3,(H,17,18,19). The third kappa shape index (κ3) is 2.54. The Morgan fingerprint density at radius 2 is 1.85 bits per heavy atom. The molecule has 100 valence electrons. The zero-order chi connectivity index (χ0) is 13.9. The zero-order valence-corrected chi connectivity index (χ0v) is 11.8. The fraction of sp³-hybridized carbons (Fsp3) is 0.0667. The summed E-state index contributed by atoms with van der Waals surface area (Å²) in [6.45, 7) is 2.07. The third-order valence-electron chi connectivity index (χ3n) is 2.90. The molecule has 2 aromatic heterocycles. The molecule has 3 aromatic rings. The van der Waals surface area contributed by atoms with Gasteiger partial charge >= 0.3 is 0 Å². The van der Waals surface area contributed by atoms with Crippen molar-refractivity contribution in [3.05, 3.63) is 53.4 Å². The molecule has 0 aliphatic carbocycles. The van der Waals surface area contributed by atoms with Gasteiger partial charge < -0.3 is 5.43 Å². The van der Waals surface area contributed by atoms with Crippen molar-refractivity contribution >= 4 is 17.2 Å². The highest BCUT2D eigenvalue weighted by molar-refractivity contribution is 7.15. The van der Waals surface area contributed by atoms with Crippen molar-refractivity contribution in [2.75, 3.05) is 5.43 Å². The molecule has 0 aliphatic heterocycles. The van der Waals surface area contributed by atoms with E-state index >= 15 is 0 Å². The second-order valence-electron chi connectivity index (χ2n) is 4.38. The number of nitrogens with two attached hydrogens (primary N) is 1. The number of rotatable bonds is 3. The Balaban J connectivity index is 2.12. The van der Waals surface area contributed by atoms with E-state index in [1.807, 2.05) is 42.5 Å². The lowest BCUT2D eigenvalue weighted by atomic mass is 10.1. The van der Waals surface area contributed by atoms with Gasteiger partial charge in [0.1, 0.15) is 5.82 Å². The SMILES string of the molecule is Cc1ccc(-c2nc(NN)cc(-c3ccccc3)n2)s1. The lowest BCUT2D eigenvalue weighted by Gasteiger charge is -2.06. The van der Waals surface area contributed by atoms with Gasteiger partial charge in [-0.2, -0.15) is 0 Å². The molecule has 0 bridgehead atoms. The topological polar surface area (TPSA) is 63.8 Å². The summed E-state index contributed by atoms with van der Waals surface area (Å²) in [4.78, 5) is 11.3. The zero-order valence-electron chi connectivity index (χ0n) is 11.0. The summed E-state index contributed by atoms with van der Waals surface area (Å²) >= 11 is 1.67. The first-order chi connectivity index (χ1) is 9.76. The van der Waals surface area contributed by atoms with E-state index in [1.165, 1.54) is 4.88 Å². The Bertz CT molecular complexity index is 722. The van der Waals surface area contributed by atoms with Crippen molar-refractivity contribution < 1.29 is 0 Å². The second kappa shape index (κ2) is 5.40. The van der Waals surface area contributed by atoms with Crippen LogP contribution in [0.4, 0.5) is 5.82 Å². The van der Waals surface area contributed by atoms with Crippen LogP contribution in [0.2, 0.25) is 0 Å². The smallest absolute Gasteiger partial charge is 0.172 e. The normalized spacial score (nSPS) is 10.5. The minimum Gasteiger partial charge on any atom is -0.308 e. The van der Waals surface area contributed by atoms with Gasteiger partial charge in [-0.15, -0.1) is 11.3 Å². The number of hydrogen-bond donors (Lipinski definition) is 2. The summed E-state index contributed by atoms with van der Waals surface area (Å²) < 4.78 is 0. The molecule has 3 N–H and O–H groups in total. The van der Waals surface area contributed by atoms with Crippen LogP contribution in [0.25, 0.3) is 22.0 Å². The first kappa shape index (κ1) is 12.8. The van der Waals surface area contributed by atoms with Gasteiger partial charge in [0.15, 0.2) is 5.82 Å². The molecule has 2 heterocycles. The number of hydrogen-bond acceptors (Lipinski definition) is 5. The molecule has 0 fully saturated rings. The number of aromatic nitrogens is 2. The molecular formula is C15H14N4S. The maximum Gasteiger partial charge on any atom is 0.172 e. The number of nitrogen functional groups attached to an aromatic ring is 1. The van der Waals surface area contributed by atoms with Crippen molar-refractivity contribution in [3.8, 4) is 22.0 Å². The molecule has 1 aromatic carbocycles. The molecule has 0 saturated carbocycles. The fourth-order valence-corrected chi connectivity index (χ4v) is 2.74. The highest BCUT2D eigenvalue weighted by Crippen LogP contribution is 2.28. The van der Waals surface area contributed by atoms with E-state index in [0.717, 1.165) is 16.1 Å². The molecule has 5 heteroatoms. The fourth-order valence-electron chi connectivity index (χ4n) is 1.94. The van der Waals surface area contributed by atoms with Gasteiger partial charge in [-0.05, 0) is 19.1 Å².